The molecule has 2 aliphatic rings. The molecule has 172 valence electrons. The van der Waals surface area contributed by atoms with Crippen LogP contribution in [0, 0.1) is 0 Å². The van der Waals surface area contributed by atoms with Gasteiger partial charge in [-0.15, -0.1) is 0 Å². The Balaban J connectivity index is 1.76. The first-order chi connectivity index (χ1) is 15.9. The van der Waals surface area contributed by atoms with E-state index in [4.69, 9.17) is 14.2 Å². The van der Waals surface area contributed by atoms with Crippen LogP contribution in [0.15, 0.2) is 39.9 Å². The Bertz CT molecular complexity index is 1340. The second-order valence-electron chi connectivity index (χ2n) is 8.33. The zero-order chi connectivity index (χ0) is 23.3. The summed E-state index contributed by atoms with van der Waals surface area (Å²) in [4.78, 5) is 29.0. The third-order valence-electron chi connectivity index (χ3n) is 6.51. The van der Waals surface area contributed by atoms with Crippen molar-refractivity contribution in [3.8, 4) is 28.8 Å². The Labute approximate surface area is 189 Å². The number of benzene rings is 2. The number of aromatic nitrogens is 2. The summed E-state index contributed by atoms with van der Waals surface area (Å²) in [6, 6.07) is 8.40. The van der Waals surface area contributed by atoms with Crippen molar-refractivity contribution < 1.29 is 24.2 Å². The fourth-order valence-electron chi connectivity index (χ4n) is 4.82. The van der Waals surface area contributed by atoms with Crippen molar-refractivity contribution in [1.29, 1.82) is 0 Å². The second-order valence-corrected chi connectivity index (χ2v) is 8.33. The Morgan fingerprint density at radius 2 is 1.97 bits per heavy atom. The first kappa shape index (κ1) is 21.1. The molecule has 0 spiro atoms. The summed E-state index contributed by atoms with van der Waals surface area (Å²) >= 11 is 0. The Morgan fingerprint density at radius 1 is 1.21 bits per heavy atom. The van der Waals surface area contributed by atoms with Gasteiger partial charge in [-0.3, -0.25) is 14.3 Å². The summed E-state index contributed by atoms with van der Waals surface area (Å²) in [6.45, 7) is 2.79. The number of nitrogens with one attached hydrogen (secondary N) is 2. The minimum atomic E-state index is -0.760. The fourth-order valence-corrected chi connectivity index (χ4v) is 4.82. The highest BCUT2D eigenvalue weighted by Gasteiger charge is 2.39. The van der Waals surface area contributed by atoms with Gasteiger partial charge in [-0.1, -0.05) is 19.1 Å². The number of ether oxygens (including phenoxy) is 3. The monoisotopic (exact) mass is 451 g/mol. The van der Waals surface area contributed by atoms with E-state index >= 15 is 0 Å². The standard InChI is InChI=1S/C24H25N3O6/c1-4-13-5-7-15(8-6-13)27-23(29)18(22(28)25-24(27)30)19-17-14(9-10-26(19)2)11-16-20(21(17)31-3)33-12-32-16/h5-8,11,19,29H,4,9-10,12H2,1-3H3,(H,25,28,30). The summed E-state index contributed by atoms with van der Waals surface area (Å²) in [5.74, 6) is 0.863. The molecule has 0 amide bonds. The number of hydrogen-bond donors (Lipinski definition) is 2. The fraction of sp³-hybridized carbons (Fsp3) is 0.333. The van der Waals surface area contributed by atoms with Crippen molar-refractivity contribution >= 4 is 0 Å². The normalized spacial score (nSPS) is 18.8. The second kappa shape index (κ2) is 8.00. The predicted molar refractivity (Wildman–Crippen MR) is 118 cm³/mol. The SMILES string of the molecule is CCc1ccc(-n2c([O-])c(C3c4c(cc5c(c4OC)OCO5)CC[NH+]3C)c(=O)[nH]c2=O)cc1. The van der Waals surface area contributed by atoms with Crippen LogP contribution in [0.1, 0.15) is 35.2 Å². The lowest BCUT2D eigenvalue weighted by atomic mass is 9.87. The maximum absolute atomic E-state index is 13.7. The predicted octanol–water partition coefficient (Wildman–Crippen LogP) is 0.0593. The van der Waals surface area contributed by atoms with E-state index in [-0.39, 0.29) is 12.4 Å². The van der Waals surface area contributed by atoms with Crippen LogP contribution in [0.5, 0.6) is 23.1 Å². The maximum atomic E-state index is 13.7. The lowest BCUT2D eigenvalue weighted by Gasteiger charge is -2.35. The van der Waals surface area contributed by atoms with Gasteiger partial charge in [0, 0.05) is 12.1 Å². The van der Waals surface area contributed by atoms with Gasteiger partial charge in [0.1, 0.15) is 6.04 Å². The van der Waals surface area contributed by atoms with Gasteiger partial charge < -0.3 is 24.2 Å². The quantitative estimate of drug-likeness (QED) is 0.581. The van der Waals surface area contributed by atoms with Crippen LogP contribution in [-0.2, 0) is 12.8 Å². The van der Waals surface area contributed by atoms with Gasteiger partial charge in [0.25, 0.3) is 5.56 Å². The van der Waals surface area contributed by atoms with Crippen LogP contribution in [0.25, 0.3) is 5.69 Å². The number of methoxy groups -OCH3 is 1. The number of aryl methyl sites for hydroxylation is 1. The van der Waals surface area contributed by atoms with Crippen molar-refractivity contribution in [1.82, 2.24) is 9.55 Å². The zero-order valence-corrected chi connectivity index (χ0v) is 18.7. The molecule has 9 nitrogen and oxygen atoms in total. The number of nitrogens with zero attached hydrogens (tertiary/aromatic N) is 1. The Hall–Kier alpha value is -3.72. The van der Waals surface area contributed by atoms with E-state index in [0.717, 1.165) is 33.4 Å². The van der Waals surface area contributed by atoms with Crippen LogP contribution in [0.4, 0.5) is 0 Å². The van der Waals surface area contributed by atoms with E-state index < -0.39 is 23.2 Å². The smallest absolute Gasteiger partial charge is 0.332 e. The molecule has 9 heteroatoms. The minimum Gasteiger partial charge on any atom is -0.859 e. The molecule has 0 saturated heterocycles. The third kappa shape index (κ3) is 3.27. The van der Waals surface area contributed by atoms with Gasteiger partial charge in [-0.25, -0.2) is 4.79 Å². The van der Waals surface area contributed by atoms with Gasteiger partial charge in [0.15, 0.2) is 11.5 Å². The van der Waals surface area contributed by atoms with E-state index in [1.807, 2.05) is 32.2 Å². The van der Waals surface area contributed by atoms with E-state index in [1.165, 1.54) is 7.11 Å². The first-order valence-corrected chi connectivity index (χ1v) is 10.9. The van der Waals surface area contributed by atoms with Gasteiger partial charge in [0.2, 0.25) is 12.5 Å². The molecule has 3 heterocycles. The molecule has 0 radical (unpaired) electrons. The molecule has 2 aliphatic heterocycles. The van der Waals surface area contributed by atoms with Crippen LogP contribution in [0.2, 0.25) is 0 Å². The van der Waals surface area contributed by atoms with E-state index in [9.17, 15) is 14.7 Å². The van der Waals surface area contributed by atoms with Crippen molar-refractivity contribution in [2.24, 2.45) is 0 Å². The Kier molecular flexibility index (Phi) is 5.13. The molecule has 0 aliphatic carbocycles. The summed E-state index contributed by atoms with van der Waals surface area (Å²) in [6.07, 6.45) is 1.55. The van der Waals surface area contributed by atoms with Crippen LogP contribution >= 0.6 is 0 Å². The summed E-state index contributed by atoms with van der Waals surface area (Å²) in [5, 5.41) is 13.7. The molecule has 33 heavy (non-hydrogen) atoms. The average molecular weight is 451 g/mol. The van der Waals surface area contributed by atoms with Crippen LogP contribution in [0.3, 0.4) is 0 Å². The van der Waals surface area contributed by atoms with Crippen molar-refractivity contribution in [2.45, 2.75) is 25.8 Å². The zero-order valence-electron chi connectivity index (χ0n) is 18.7. The molecule has 2 unspecified atom stereocenters. The van der Waals surface area contributed by atoms with Crippen LogP contribution in [-0.4, -0.2) is 37.0 Å². The number of likely N-dealkylation sites (N-methyl/N-ethyl adjacent to an activating group) is 1. The molecule has 2 aromatic carbocycles. The number of rotatable bonds is 4. The third-order valence-corrected chi connectivity index (χ3v) is 6.51. The van der Waals surface area contributed by atoms with Crippen molar-refractivity contribution in [3.05, 3.63) is 73.4 Å². The van der Waals surface area contributed by atoms with Crippen molar-refractivity contribution in [2.75, 3.05) is 27.5 Å². The summed E-state index contributed by atoms with van der Waals surface area (Å²) in [7, 11) is 3.44. The van der Waals surface area contributed by atoms with E-state index in [1.54, 1.807) is 12.1 Å². The maximum Gasteiger partial charge on any atom is 0.332 e. The number of fused-ring (bicyclic) bond motifs is 2. The number of aromatic amines is 1. The molecule has 0 bridgehead atoms. The molecule has 0 fully saturated rings. The number of hydrogen-bond acceptors (Lipinski definition) is 6. The molecule has 1 aromatic heterocycles. The molecular weight excluding hydrogens is 426 g/mol. The first-order valence-electron chi connectivity index (χ1n) is 10.9. The molecule has 0 saturated carbocycles. The highest BCUT2D eigenvalue weighted by atomic mass is 16.7. The lowest BCUT2D eigenvalue weighted by molar-refractivity contribution is -0.908. The molecule has 2 atom stereocenters. The summed E-state index contributed by atoms with van der Waals surface area (Å²) in [5.41, 5.74) is 1.66. The van der Waals surface area contributed by atoms with Gasteiger partial charge >= 0.3 is 5.69 Å². The molecular formula is C24H25N3O6. The van der Waals surface area contributed by atoms with E-state index in [0.29, 0.717) is 35.0 Å². The highest BCUT2D eigenvalue weighted by molar-refractivity contribution is 5.62. The van der Waals surface area contributed by atoms with Gasteiger partial charge in [0.05, 0.1) is 31.8 Å². The molecule has 3 aromatic rings. The lowest BCUT2D eigenvalue weighted by Crippen LogP contribution is -3.10. The Morgan fingerprint density at radius 3 is 2.67 bits per heavy atom. The van der Waals surface area contributed by atoms with Crippen LogP contribution < -0.4 is 35.5 Å². The molecule has 2 N–H and O–H groups in total. The molecule has 5 rings (SSSR count). The minimum absolute atomic E-state index is 0.00946. The topological polar surface area (TPSA) is 110 Å². The van der Waals surface area contributed by atoms with Gasteiger partial charge in [-0.05, 0) is 41.6 Å². The largest absolute Gasteiger partial charge is 0.859 e. The highest BCUT2D eigenvalue weighted by Crippen LogP contribution is 2.48. The summed E-state index contributed by atoms with van der Waals surface area (Å²) < 4.78 is 17.9. The number of quaternary nitrogens is 1. The van der Waals surface area contributed by atoms with E-state index in [2.05, 4.69) is 4.98 Å². The number of H-pyrrole nitrogens is 1. The average Bonchev–Trinajstić information content (AvgIpc) is 3.27. The van der Waals surface area contributed by atoms with Gasteiger partial charge in [-0.2, -0.15) is 0 Å². The van der Waals surface area contributed by atoms with Crippen molar-refractivity contribution in [3.63, 3.8) is 0 Å².